The zero-order valence-corrected chi connectivity index (χ0v) is 11.7. The lowest BCUT2D eigenvalue weighted by Crippen LogP contribution is -2.27. The second-order valence-corrected chi connectivity index (χ2v) is 5.35. The molecule has 0 saturated heterocycles. The van der Waals surface area contributed by atoms with E-state index in [0.717, 1.165) is 18.4 Å². The molecule has 1 aliphatic carbocycles. The summed E-state index contributed by atoms with van der Waals surface area (Å²) in [4.78, 5) is 4.49. The van der Waals surface area contributed by atoms with E-state index in [2.05, 4.69) is 15.5 Å². The molecule has 1 aromatic heterocycles. The molecule has 20 heavy (non-hydrogen) atoms. The molecule has 0 aliphatic heterocycles. The molecule has 0 radical (unpaired) electrons. The Hall–Kier alpha value is -1.75. The lowest BCUT2D eigenvalue weighted by molar-refractivity contribution is 0.335. The van der Waals surface area contributed by atoms with Crippen LogP contribution in [0, 0.1) is 12.7 Å². The van der Waals surface area contributed by atoms with Gasteiger partial charge < -0.3 is 9.84 Å². The number of nitrogens with one attached hydrogen (secondary N) is 1. The Bertz CT molecular complexity index is 611. The topological polar surface area (TPSA) is 51.0 Å². The Morgan fingerprint density at radius 2 is 2.20 bits per heavy atom. The molecule has 4 nitrogen and oxygen atoms in total. The number of aryl methyl sites for hydroxylation is 1. The molecule has 0 bridgehead atoms. The quantitative estimate of drug-likeness (QED) is 0.935. The van der Waals surface area contributed by atoms with Gasteiger partial charge in [-0.25, -0.2) is 4.39 Å². The highest BCUT2D eigenvalue weighted by atomic mass is 19.1. The fraction of sp³-hybridized carbons (Fsp3) is 0.467. The lowest BCUT2D eigenvalue weighted by Gasteiger charge is -2.14. The van der Waals surface area contributed by atoms with Crippen LogP contribution in [-0.2, 0) is 0 Å². The highest BCUT2D eigenvalue weighted by Crippen LogP contribution is 2.34. The number of halogens is 1. The molecule has 3 rings (SSSR count). The van der Waals surface area contributed by atoms with Crippen molar-refractivity contribution >= 4 is 0 Å². The minimum atomic E-state index is -0.219. The molecule has 5 heteroatoms. The van der Waals surface area contributed by atoms with Crippen LogP contribution in [0.25, 0.3) is 11.4 Å². The van der Waals surface area contributed by atoms with Crippen LogP contribution in [0.5, 0.6) is 0 Å². The van der Waals surface area contributed by atoms with Gasteiger partial charge in [0.2, 0.25) is 11.7 Å². The molecule has 1 heterocycles. The van der Waals surface area contributed by atoms with Gasteiger partial charge in [-0.05, 0) is 50.6 Å². The van der Waals surface area contributed by atoms with Crippen LogP contribution in [0.2, 0.25) is 0 Å². The molecule has 1 aromatic carbocycles. The summed E-state index contributed by atoms with van der Waals surface area (Å²) in [5, 5.41) is 7.33. The van der Waals surface area contributed by atoms with Crippen molar-refractivity contribution in [2.24, 2.45) is 0 Å². The first kappa shape index (κ1) is 13.2. The molecule has 0 amide bonds. The van der Waals surface area contributed by atoms with Crippen molar-refractivity contribution in [2.45, 2.75) is 38.1 Å². The average Bonchev–Trinajstić information content (AvgIpc) is 3.09. The van der Waals surface area contributed by atoms with Crippen LogP contribution >= 0.6 is 0 Å². The van der Waals surface area contributed by atoms with Crippen LogP contribution in [0.4, 0.5) is 4.39 Å². The predicted molar refractivity (Wildman–Crippen MR) is 73.9 cm³/mol. The number of hydrogen-bond donors (Lipinski definition) is 1. The largest absolute Gasteiger partial charge is 0.339 e. The summed E-state index contributed by atoms with van der Waals surface area (Å²) in [5.74, 6) is 1.27. The monoisotopic (exact) mass is 275 g/mol. The maximum absolute atomic E-state index is 13.3. The van der Waals surface area contributed by atoms with Gasteiger partial charge in [0.1, 0.15) is 5.82 Å². The van der Waals surface area contributed by atoms with E-state index >= 15 is 0 Å². The number of benzene rings is 1. The van der Waals surface area contributed by atoms with Gasteiger partial charge in [-0.1, -0.05) is 11.6 Å². The predicted octanol–water partition coefficient (Wildman–Crippen LogP) is 3.04. The van der Waals surface area contributed by atoms with Gasteiger partial charge in [0, 0.05) is 11.6 Å². The van der Waals surface area contributed by atoms with Gasteiger partial charge >= 0.3 is 0 Å². The van der Waals surface area contributed by atoms with Gasteiger partial charge in [-0.3, -0.25) is 0 Å². The third kappa shape index (κ3) is 2.33. The van der Waals surface area contributed by atoms with Crippen molar-refractivity contribution in [1.82, 2.24) is 15.5 Å². The Kier molecular flexibility index (Phi) is 3.53. The molecule has 2 unspecified atom stereocenters. The summed E-state index contributed by atoms with van der Waals surface area (Å²) in [6, 6.07) is 5.26. The first-order valence-electron chi connectivity index (χ1n) is 6.96. The van der Waals surface area contributed by atoms with E-state index in [4.69, 9.17) is 4.52 Å². The maximum Gasteiger partial charge on any atom is 0.231 e. The van der Waals surface area contributed by atoms with E-state index in [-0.39, 0.29) is 11.7 Å². The molecular weight excluding hydrogens is 257 g/mol. The van der Waals surface area contributed by atoms with Crippen molar-refractivity contribution in [1.29, 1.82) is 0 Å². The standard InChI is InChI=1S/C15H18FN3O/c1-9-8-10(6-7-12(9)16)14-18-15(20-19-14)11-4-3-5-13(11)17-2/h6-8,11,13,17H,3-5H2,1-2H3. The first-order chi connectivity index (χ1) is 9.69. The van der Waals surface area contributed by atoms with Crippen molar-refractivity contribution in [3.8, 4) is 11.4 Å². The molecule has 1 fully saturated rings. The smallest absolute Gasteiger partial charge is 0.231 e. The highest BCUT2D eigenvalue weighted by Gasteiger charge is 2.31. The molecule has 106 valence electrons. The van der Waals surface area contributed by atoms with Gasteiger partial charge in [-0.15, -0.1) is 0 Å². The molecule has 1 saturated carbocycles. The summed E-state index contributed by atoms with van der Waals surface area (Å²) >= 11 is 0. The summed E-state index contributed by atoms with van der Waals surface area (Å²) in [6.45, 7) is 1.73. The third-order valence-corrected chi connectivity index (χ3v) is 4.06. The summed E-state index contributed by atoms with van der Waals surface area (Å²) in [5.41, 5.74) is 1.38. The summed E-state index contributed by atoms with van der Waals surface area (Å²) in [7, 11) is 1.96. The number of likely N-dealkylation sites (N-methyl/N-ethyl adjacent to an activating group) is 1. The fourth-order valence-corrected chi connectivity index (χ4v) is 2.89. The van der Waals surface area contributed by atoms with Crippen LogP contribution in [-0.4, -0.2) is 23.2 Å². The molecule has 2 aromatic rings. The van der Waals surface area contributed by atoms with Gasteiger partial charge in [-0.2, -0.15) is 4.98 Å². The van der Waals surface area contributed by atoms with Crippen molar-refractivity contribution < 1.29 is 8.91 Å². The number of nitrogens with zero attached hydrogens (tertiary/aromatic N) is 2. The number of aromatic nitrogens is 2. The Balaban J connectivity index is 1.88. The number of rotatable bonds is 3. The maximum atomic E-state index is 13.3. The van der Waals surface area contributed by atoms with Gasteiger partial charge in [0.05, 0.1) is 5.92 Å². The second-order valence-electron chi connectivity index (χ2n) is 5.35. The van der Waals surface area contributed by atoms with Crippen LogP contribution < -0.4 is 5.32 Å². The highest BCUT2D eigenvalue weighted by molar-refractivity contribution is 5.55. The Morgan fingerprint density at radius 1 is 1.35 bits per heavy atom. The van der Waals surface area contributed by atoms with E-state index in [1.54, 1.807) is 19.1 Å². The number of hydrogen-bond acceptors (Lipinski definition) is 4. The minimum absolute atomic E-state index is 0.219. The molecule has 1 N–H and O–H groups in total. The molecule has 0 spiro atoms. The van der Waals surface area contributed by atoms with E-state index < -0.39 is 0 Å². The Labute approximate surface area is 117 Å². The van der Waals surface area contributed by atoms with E-state index in [1.165, 1.54) is 12.5 Å². The second kappa shape index (κ2) is 5.32. The third-order valence-electron chi connectivity index (χ3n) is 4.06. The van der Waals surface area contributed by atoms with Crippen molar-refractivity contribution in [3.05, 3.63) is 35.5 Å². The summed E-state index contributed by atoms with van der Waals surface area (Å²) < 4.78 is 18.7. The fourth-order valence-electron chi connectivity index (χ4n) is 2.89. The van der Waals surface area contributed by atoms with Crippen molar-refractivity contribution in [2.75, 3.05) is 7.05 Å². The lowest BCUT2D eigenvalue weighted by atomic mass is 10.0. The minimum Gasteiger partial charge on any atom is -0.339 e. The van der Waals surface area contributed by atoms with Crippen LogP contribution in [0.15, 0.2) is 22.7 Å². The summed E-state index contributed by atoms with van der Waals surface area (Å²) in [6.07, 6.45) is 3.37. The van der Waals surface area contributed by atoms with E-state index in [9.17, 15) is 4.39 Å². The van der Waals surface area contributed by atoms with Crippen LogP contribution in [0.1, 0.15) is 36.6 Å². The molecule has 1 aliphatic rings. The zero-order valence-electron chi connectivity index (χ0n) is 11.7. The van der Waals surface area contributed by atoms with Crippen molar-refractivity contribution in [3.63, 3.8) is 0 Å². The first-order valence-corrected chi connectivity index (χ1v) is 6.96. The van der Waals surface area contributed by atoms with Gasteiger partial charge in [0.25, 0.3) is 0 Å². The molecular formula is C15H18FN3O. The van der Waals surface area contributed by atoms with Gasteiger partial charge in [0.15, 0.2) is 0 Å². The SMILES string of the molecule is CNC1CCCC1c1nc(-c2ccc(F)c(C)c2)no1. The van der Waals surface area contributed by atoms with E-state index in [1.807, 2.05) is 7.05 Å². The normalized spacial score (nSPS) is 22.4. The molecule has 2 atom stereocenters. The average molecular weight is 275 g/mol. The zero-order chi connectivity index (χ0) is 14.1. The Morgan fingerprint density at radius 3 is 2.95 bits per heavy atom. The van der Waals surface area contributed by atoms with E-state index in [0.29, 0.717) is 23.3 Å². The van der Waals surface area contributed by atoms with Crippen LogP contribution in [0.3, 0.4) is 0 Å².